The molecule has 0 bridgehead atoms. The molecule has 3 N–H and O–H groups in total. The number of nitrogens with zero attached hydrogens (tertiary/aromatic N) is 1. The van der Waals surface area contributed by atoms with E-state index < -0.39 is 0 Å². The topological polar surface area (TPSA) is 67.6 Å². The molecular formula is C19H20ClN3O2. The molecule has 1 saturated heterocycles. The van der Waals surface area contributed by atoms with Gasteiger partial charge in [-0.1, -0.05) is 29.8 Å². The van der Waals surface area contributed by atoms with Crippen molar-refractivity contribution >= 4 is 23.2 Å². The van der Waals surface area contributed by atoms with Crippen LogP contribution in [0.2, 0.25) is 5.02 Å². The minimum absolute atomic E-state index is 0.0101. The van der Waals surface area contributed by atoms with Crippen LogP contribution in [0.25, 0.3) is 0 Å². The van der Waals surface area contributed by atoms with Crippen molar-refractivity contribution in [3.63, 3.8) is 0 Å². The van der Waals surface area contributed by atoms with E-state index in [1.165, 1.54) is 0 Å². The predicted octanol–water partition coefficient (Wildman–Crippen LogP) is 3.23. The number of halogens is 1. The molecule has 25 heavy (non-hydrogen) atoms. The lowest BCUT2D eigenvalue weighted by Crippen LogP contribution is -2.51. The lowest BCUT2D eigenvalue weighted by atomic mass is 9.89. The molecule has 0 aromatic heterocycles. The van der Waals surface area contributed by atoms with Gasteiger partial charge in [0.25, 0.3) is 0 Å². The molecule has 0 saturated carbocycles. The third-order valence-corrected chi connectivity index (χ3v) is 5.09. The number of anilines is 1. The molecule has 0 radical (unpaired) electrons. The highest BCUT2D eigenvalue weighted by atomic mass is 35.5. The summed E-state index contributed by atoms with van der Waals surface area (Å²) in [5, 5.41) is 3.75. The molecule has 6 heteroatoms. The Kier molecular flexibility index (Phi) is 4.27. The van der Waals surface area contributed by atoms with Crippen LogP contribution in [0.3, 0.4) is 0 Å². The number of piperidine rings is 1. The van der Waals surface area contributed by atoms with Crippen LogP contribution in [-0.2, 0) is 4.79 Å². The third kappa shape index (κ3) is 2.94. The van der Waals surface area contributed by atoms with Crippen molar-refractivity contribution in [3.05, 3.63) is 53.1 Å². The van der Waals surface area contributed by atoms with E-state index in [0.29, 0.717) is 5.02 Å². The van der Waals surface area contributed by atoms with Gasteiger partial charge < -0.3 is 20.7 Å². The zero-order valence-corrected chi connectivity index (χ0v) is 14.5. The van der Waals surface area contributed by atoms with Gasteiger partial charge in [-0.15, -0.1) is 0 Å². The maximum absolute atomic E-state index is 11.9. The number of para-hydroxylation sites is 1. The van der Waals surface area contributed by atoms with Crippen LogP contribution >= 0.6 is 11.6 Å². The monoisotopic (exact) mass is 357 g/mol. The van der Waals surface area contributed by atoms with Crippen molar-refractivity contribution in [2.45, 2.75) is 24.9 Å². The van der Waals surface area contributed by atoms with Crippen LogP contribution in [-0.4, -0.2) is 25.0 Å². The van der Waals surface area contributed by atoms with Gasteiger partial charge in [0.1, 0.15) is 5.75 Å². The summed E-state index contributed by atoms with van der Waals surface area (Å²) in [5.74, 6) is 1.46. The minimum Gasteiger partial charge on any atom is -0.455 e. The number of rotatable bonds is 2. The maximum Gasteiger partial charge on any atom is 0.234 e. The number of amides is 1. The largest absolute Gasteiger partial charge is 0.455 e. The van der Waals surface area contributed by atoms with Crippen molar-refractivity contribution in [2.24, 2.45) is 5.73 Å². The molecule has 4 rings (SSSR count). The number of nitrogens with one attached hydrogen (secondary N) is 1. The molecule has 1 amide bonds. The van der Waals surface area contributed by atoms with Crippen LogP contribution < -0.4 is 20.7 Å². The fraction of sp³-hybridized carbons (Fsp3) is 0.316. The first-order valence-electron chi connectivity index (χ1n) is 8.50. The normalized spacial score (nSPS) is 21.3. The number of carbonyl (C=O) groups excluding carboxylic acids is 1. The Bertz CT molecular complexity index is 811. The van der Waals surface area contributed by atoms with E-state index in [9.17, 15) is 4.79 Å². The van der Waals surface area contributed by atoms with Crippen molar-refractivity contribution in [1.29, 1.82) is 0 Å². The van der Waals surface area contributed by atoms with E-state index in [0.717, 1.165) is 42.1 Å². The summed E-state index contributed by atoms with van der Waals surface area (Å²) in [6.45, 7) is 0.870. The fourth-order valence-corrected chi connectivity index (χ4v) is 3.97. The van der Waals surface area contributed by atoms with E-state index in [1.807, 2.05) is 36.4 Å². The van der Waals surface area contributed by atoms with Crippen LogP contribution in [0.4, 0.5) is 5.69 Å². The lowest BCUT2D eigenvalue weighted by molar-refractivity contribution is -0.120. The molecule has 2 aromatic rings. The Morgan fingerprint density at radius 1 is 1.28 bits per heavy atom. The summed E-state index contributed by atoms with van der Waals surface area (Å²) in [6.07, 6.45) is 1.87. The van der Waals surface area contributed by atoms with Gasteiger partial charge >= 0.3 is 0 Å². The van der Waals surface area contributed by atoms with Crippen molar-refractivity contribution < 1.29 is 9.53 Å². The van der Waals surface area contributed by atoms with Gasteiger partial charge in [-0.05, 0) is 37.1 Å². The second-order valence-corrected chi connectivity index (χ2v) is 6.85. The highest BCUT2D eigenvalue weighted by Crippen LogP contribution is 2.48. The average Bonchev–Trinajstić information content (AvgIpc) is 2.77. The minimum atomic E-state index is -0.138. The molecular weight excluding hydrogens is 338 g/mol. The second kappa shape index (κ2) is 6.58. The third-order valence-electron chi connectivity index (χ3n) is 4.85. The molecule has 5 nitrogen and oxygen atoms in total. The van der Waals surface area contributed by atoms with Gasteiger partial charge in [0, 0.05) is 17.1 Å². The van der Waals surface area contributed by atoms with Gasteiger partial charge in [-0.2, -0.15) is 0 Å². The van der Waals surface area contributed by atoms with Gasteiger partial charge in [-0.3, -0.25) is 4.79 Å². The predicted molar refractivity (Wildman–Crippen MR) is 98.3 cm³/mol. The van der Waals surface area contributed by atoms with Gasteiger partial charge in [0.2, 0.25) is 5.91 Å². The Labute approximate surface area is 151 Å². The van der Waals surface area contributed by atoms with Crippen molar-refractivity contribution in [1.82, 2.24) is 5.32 Å². The van der Waals surface area contributed by atoms with E-state index in [4.69, 9.17) is 22.1 Å². The van der Waals surface area contributed by atoms with E-state index >= 15 is 0 Å². The summed E-state index contributed by atoms with van der Waals surface area (Å²) in [4.78, 5) is 14.2. The van der Waals surface area contributed by atoms with E-state index in [-0.39, 0.29) is 24.5 Å². The molecule has 2 aromatic carbocycles. The van der Waals surface area contributed by atoms with Crippen LogP contribution in [0.15, 0.2) is 42.5 Å². The molecule has 130 valence electrons. The van der Waals surface area contributed by atoms with Crippen molar-refractivity contribution in [2.75, 3.05) is 18.0 Å². The number of hydrogen-bond donors (Lipinski definition) is 2. The molecule has 2 atom stereocenters. The molecule has 2 aliphatic rings. The summed E-state index contributed by atoms with van der Waals surface area (Å²) < 4.78 is 6.19. The Morgan fingerprint density at radius 3 is 2.96 bits per heavy atom. The first-order valence-corrected chi connectivity index (χ1v) is 8.87. The standard InChI is InChI=1S/C19H20ClN3O2/c20-12-7-8-17-15(10-12)23-9-3-5-14(22-18(24)11-21)19(23)13-4-1-2-6-16(13)25-17/h1-2,4,6-8,10,14,19H,3,5,9,11,21H2,(H,22,24)/t14-,19+/m1/s1. The molecule has 0 aliphatic carbocycles. The quantitative estimate of drug-likeness (QED) is 0.865. The summed E-state index contributed by atoms with van der Waals surface area (Å²) in [5.41, 5.74) is 7.54. The highest BCUT2D eigenvalue weighted by Gasteiger charge is 2.38. The van der Waals surface area contributed by atoms with Crippen molar-refractivity contribution in [3.8, 4) is 11.5 Å². The zero-order chi connectivity index (χ0) is 17.4. The van der Waals surface area contributed by atoms with Gasteiger partial charge in [-0.25, -0.2) is 0 Å². The number of nitrogens with two attached hydrogens (primary N) is 1. The van der Waals surface area contributed by atoms with E-state index in [1.54, 1.807) is 0 Å². The summed E-state index contributed by atoms with van der Waals surface area (Å²) in [6, 6.07) is 13.6. The SMILES string of the molecule is NCC(=O)N[C@@H]1CCCN2c3cc(Cl)ccc3Oc3ccccc3[C@@H]12. The average molecular weight is 358 g/mol. The second-order valence-electron chi connectivity index (χ2n) is 6.41. The maximum atomic E-state index is 11.9. The molecule has 0 spiro atoms. The lowest BCUT2D eigenvalue weighted by Gasteiger charge is -2.42. The molecule has 1 fully saturated rings. The summed E-state index contributed by atoms with van der Waals surface area (Å²) in [7, 11) is 0. The van der Waals surface area contributed by atoms with Gasteiger partial charge in [0.15, 0.2) is 5.75 Å². The van der Waals surface area contributed by atoms with E-state index in [2.05, 4.69) is 16.3 Å². The smallest absolute Gasteiger partial charge is 0.234 e. The van der Waals surface area contributed by atoms with Gasteiger partial charge in [0.05, 0.1) is 24.3 Å². The highest BCUT2D eigenvalue weighted by molar-refractivity contribution is 6.31. The first-order chi connectivity index (χ1) is 12.2. The zero-order valence-electron chi connectivity index (χ0n) is 13.7. The number of fused-ring (bicyclic) bond motifs is 5. The molecule has 2 heterocycles. The Balaban J connectivity index is 1.85. The number of hydrogen-bond acceptors (Lipinski definition) is 4. The van der Waals surface area contributed by atoms with Crippen LogP contribution in [0.1, 0.15) is 24.4 Å². The number of benzene rings is 2. The Hall–Kier alpha value is -2.24. The van der Waals surface area contributed by atoms with Crippen LogP contribution in [0, 0.1) is 0 Å². The molecule has 2 aliphatic heterocycles. The number of ether oxygens (including phenoxy) is 1. The molecule has 0 unspecified atom stereocenters. The number of carbonyl (C=O) groups is 1. The Morgan fingerprint density at radius 2 is 2.12 bits per heavy atom. The fourth-order valence-electron chi connectivity index (χ4n) is 3.81. The first kappa shape index (κ1) is 16.2. The van der Waals surface area contributed by atoms with Crippen LogP contribution in [0.5, 0.6) is 11.5 Å². The summed E-state index contributed by atoms with van der Waals surface area (Å²) >= 11 is 6.25.